The Balaban J connectivity index is 1.78. The summed E-state index contributed by atoms with van der Waals surface area (Å²) in [5.74, 6) is -3.11. The quantitative estimate of drug-likeness (QED) is 0.508. The summed E-state index contributed by atoms with van der Waals surface area (Å²) in [6.45, 7) is 3.28. The number of rotatable bonds is 7. The maximum absolute atomic E-state index is 14.5. The Hall–Kier alpha value is -3.64. The lowest BCUT2D eigenvalue weighted by Crippen LogP contribution is -2.42. The van der Waals surface area contributed by atoms with Gasteiger partial charge in [-0.05, 0) is 26.0 Å². The SMILES string of the molecule is CCN(C(=O)c1ccc(F)c(F)c1-n1nccn1)C(C)COc1ncc(C(F)(F)F)cn1. The average Bonchev–Trinajstić information content (AvgIpc) is 3.28. The molecule has 0 aliphatic heterocycles. The highest BCUT2D eigenvalue weighted by Gasteiger charge is 2.32. The molecule has 0 aliphatic rings. The fourth-order valence-electron chi connectivity index (χ4n) is 2.87. The molecule has 32 heavy (non-hydrogen) atoms. The van der Waals surface area contributed by atoms with E-state index in [1.165, 1.54) is 17.3 Å². The minimum absolute atomic E-state index is 0.163. The maximum atomic E-state index is 14.5. The van der Waals surface area contributed by atoms with E-state index in [-0.39, 0.29) is 24.7 Å². The molecule has 170 valence electrons. The topological polar surface area (TPSA) is 86.0 Å². The highest BCUT2D eigenvalue weighted by molar-refractivity contribution is 5.98. The Morgan fingerprint density at radius 2 is 1.78 bits per heavy atom. The lowest BCUT2D eigenvalue weighted by Gasteiger charge is -2.28. The van der Waals surface area contributed by atoms with E-state index >= 15 is 0 Å². The van der Waals surface area contributed by atoms with Crippen molar-refractivity contribution in [3.05, 3.63) is 59.7 Å². The lowest BCUT2D eigenvalue weighted by molar-refractivity contribution is -0.138. The zero-order valence-corrected chi connectivity index (χ0v) is 16.8. The number of amides is 1. The molecule has 0 spiro atoms. The van der Waals surface area contributed by atoms with E-state index in [1.807, 2.05) is 0 Å². The fraction of sp³-hybridized carbons (Fsp3) is 0.316. The second-order valence-electron chi connectivity index (χ2n) is 6.58. The van der Waals surface area contributed by atoms with Crippen LogP contribution in [0.4, 0.5) is 22.0 Å². The smallest absolute Gasteiger partial charge is 0.419 e. The van der Waals surface area contributed by atoms with Gasteiger partial charge in [0.15, 0.2) is 11.6 Å². The summed E-state index contributed by atoms with van der Waals surface area (Å²) in [5.41, 5.74) is -1.65. The summed E-state index contributed by atoms with van der Waals surface area (Å²) in [7, 11) is 0. The van der Waals surface area contributed by atoms with Gasteiger partial charge in [0.2, 0.25) is 0 Å². The normalized spacial score (nSPS) is 12.5. The predicted octanol–water partition coefficient (Wildman–Crippen LogP) is 3.28. The molecule has 2 heterocycles. The molecule has 3 aromatic rings. The standard InChI is InChI=1S/C19H17F5N6O2/c1-3-29(11(2)10-32-18-25-8-12(9-26-18)19(22,23)24)17(31)13-4-5-14(20)15(21)16(13)30-27-6-7-28-30/h4-9,11H,3,10H2,1-2H3. The Kier molecular flexibility index (Phi) is 6.65. The molecule has 8 nitrogen and oxygen atoms in total. The van der Waals surface area contributed by atoms with Gasteiger partial charge in [0.1, 0.15) is 12.3 Å². The number of hydrogen-bond acceptors (Lipinski definition) is 6. The van der Waals surface area contributed by atoms with Gasteiger partial charge in [-0.15, -0.1) is 4.80 Å². The van der Waals surface area contributed by atoms with Crippen LogP contribution in [0.15, 0.2) is 36.9 Å². The van der Waals surface area contributed by atoms with Crippen LogP contribution in [-0.4, -0.2) is 55.0 Å². The van der Waals surface area contributed by atoms with Crippen molar-refractivity contribution < 1.29 is 31.5 Å². The van der Waals surface area contributed by atoms with Crippen LogP contribution in [0.2, 0.25) is 0 Å². The summed E-state index contributed by atoms with van der Waals surface area (Å²) >= 11 is 0. The first-order valence-electron chi connectivity index (χ1n) is 9.31. The van der Waals surface area contributed by atoms with E-state index in [4.69, 9.17) is 4.74 Å². The van der Waals surface area contributed by atoms with Crippen molar-refractivity contribution in [2.24, 2.45) is 0 Å². The van der Waals surface area contributed by atoms with Crippen LogP contribution in [0.25, 0.3) is 5.69 Å². The molecule has 3 rings (SSSR count). The molecular weight excluding hydrogens is 439 g/mol. The number of nitrogens with zero attached hydrogens (tertiary/aromatic N) is 6. The molecule has 0 aliphatic carbocycles. The first kappa shape index (κ1) is 23.0. The Morgan fingerprint density at radius 1 is 1.16 bits per heavy atom. The van der Waals surface area contributed by atoms with Crippen LogP contribution in [0.1, 0.15) is 29.8 Å². The van der Waals surface area contributed by atoms with Crippen molar-refractivity contribution >= 4 is 5.91 Å². The van der Waals surface area contributed by atoms with E-state index < -0.39 is 41.0 Å². The van der Waals surface area contributed by atoms with Crippen molar-refractivity contribution in [1.82, 2.24) is 29.9 Å². The number of likely N-dealkylation sites (N-methyl/N-ethyl adjacent to an activating group) is 1. The number of halogens is 5. The van der Waals surface area contributed by atoms with Crippen molar-refractivity contribution in [3.8, 4) is 11.7 Å². The van der Waals surface area contributed by atoms with E-state index in [1.54, 1.807) is 13.8 Å². The summed E-state index contributed by atoms with van der Waals surface area (Å²) in [5, 5.41) is 7.54. The minimum atomic E-state index is -4.58. The molecule has 0 saturated carbocycles. The molecule has 1 aromatic carbocycles. The number of benzene rings is 1. The van der Waals surface area contributed by atoms with Crippen molar-refractivity contribution in [2.45, 2.75) is 26.1 Å². The number of alkyl halides is 3. The molecule has 0 N–H and O–H groups in total. The van der Waals surface area contributed by atoms with E-state index in [9.17, 15) is 26.7 Å². The number of carbonyl (C=O) groups is 1. The molecule has 1 amide bonds. The van der Waals surface area contributed by atoms with Crippen molar-refractivity contribution in [1.29, 1.82) is 0 Å². The summed E-state index contributed by atoms with van der Waals surface area (Å²) in [6, 6.07) is 1.02. The van der Waals surface area contributed by atoms with Crippen LogP contribution in [0.3, 0.4) is 0 Å². The molecule has 1 atom stereocenters. The van der Waals surface area contributed by atoms with Gasteiger partial charge in [-0.25, -0.2) is 18.7 Å². The van der Waals surface area contributed by atoms with Crippen LogP contribution in [0, 0.1) is 11.6 Å². The van der Waals surface area contributed by atoms with Crippen LogP contribution in [0.5, 0.6) is 6.01 Å². The second kappa shape index (κ2) is 9.24. The molecule has 13 heteroatoms. The average molecular weight is 456 g/mol. The number of hydrogen-bond donors (Lipinski definition) is 0. The molecule has 0 radical (unpaired) electrons. The third-order valence-corrected chi connectivity index (χ3v) is 4.46. The second-order valence-corrected chi connectivity index (χ2v) is 6.58. The number of ether oxygens (including phenoxy) is 1. The van der Waals surface area contributed by atoms with E-state index in [2.05, 4.69) is 20.2 Å². The van der Waals surface area contributed by atoms with Gasteiger partial charge >= 0.3 is 12.2 Å². The van der Waals surface area contributed by atoms with Crippen LogP contribution < -0.4 is 4.74 Å². The van der Waals surface area contributed by atoms with Gasteiger partial charge in [0.25, 0.3) is 5.91 Å². The van der Waals surface area contributed by atoms with Gasteiger partial charge in [-0.3, -0.25) is 4.79 Å². The third kappa shape index (κ3) is 4.81. The highest BCUT2D eigenvalue weighted by Crippen LogP contribution is 2.28. The highest BCUT2D eigenvalue weighted by atomic mass is 19.4. The molecule has 0 fully saturated rings. The van der Waals surface area contributed by atoms with Crippen molar-refractivity contribution in [2.75, 3.05) is 13.2 Å². The summed E-state index contributed by atoms with van der Waals surface area (Å²) < 4.78 is 71.4. The molecule has 0 saturated heterocycles. The van der Waals surface area contributed by atoms with Gasteiger partial charge in [-0.2, -0.15) is 23.4 Å². The first-order chi connectivity index (χ1) is 15.1. The summed E-state index contributed by atoms with van der Waals surface area (Å²) in [4.78, 5) is 22.2. The predicted molar refractivity (Wildman–Crippen MR) is 100.0 cm³/mol. The van der Waals surface area contributed by atoms with Crippen molar-refractivity contribution in [3.63, 3.8) is 0 Å². The Bertz CT molecular complexity index is 1070. The van der Waals surface area contributed by atoms with Gasteiger partial charge in [0, 0.05) is 18.9 Å². The largest absolute Gasteiger partial charge is 0.461 e. The first-order valence-corrected chi connectivity index (χ1v) is 9.31. The minimum Gasteiger partial charge on any atom is -0.461 e. The van der Waals surface area contributed by atoms with Gasteiger partial charge in [-0.1, -0.05) is 0 Å². The van der Waals surface area contributed by atoms with Gasteiger partial charge in [0.05, 0.1) is 29.6 Å². The Labute approximate surface area is 178 Å². The monoisotopic (exact) mass is 456 g/mol. The third-order valence-electron chi connectivity index (χ3n) is 4.46. The molecular formula is C19H17F5N6O2. The fourth-order valence-corrected chi connectivity index (χ4v) is 2.87. The number of carbonyl (C=O) groups excluding carboxylic acids is 1. The number of aromatic nitrogens is 5. The maximum Gasteiger partial charge on any atom is 0.419 e. The molecule has 0 bridgehead atoms. The molecule has 2 aromatic heterocycles. The summed E-state index contributed by atoms with van der Waals surface area (Å²) in [6.07, 6.45) is -0.920. The molecule has 1 unspecified atom stereocenters. The van der Waals surface area contributed by atoms with E-state index in [0.717, 1.165) is 16.9 Å². The zero-order chi connectivity index (χ0) is 23.5. The zero-order valence-electron chi connectivity index (χ0n) is 16.8. The van der Waals surface area contributed by atoms with Gasteiger partial charge < -0.3 is 9.64 Å². The van der Waals surface area contributed by atoms with Crippen LogP contribution >= 0.6 is 0 Å². The lowest BCUT2D eigenvalue weighted by atomic mass is 10.1. The Morgan fingerprint density at radius 3 is 2.34 bits per heavy atom. The van der Waals surface area contributed by atoms with E-state index in [0.29, 0.717) is 12.4 Å². The van der Waals surface area contributed by atoms with Crippen LogP contribution in [-0.2, 0) is 6.18 Å².